The number of likely N-dealkylation sites (tertiary alicyclic amines) is 1. The zero-order valence-electron chi connectivity index (χ0n) is 13.6. The number of aromatic nitrogens is 3. The first kappa shape index (κ1) is 17.0. The highest BCUT2D eigenvalue weighted by molar-refractivity contribution is 5.36. The topological polar surface area (TPSA) is 34.0 Å². The largest absolute Gasteiger partial charge is 0.416 e. The minimum Gasteiger partial charge on any atom is -0.306 e. The van der Waals surface area contributed by atoms with Crippen LogP contribution >= 0.6 is 0 Å². The number of nitrogens with zero attached hydrogens (tertiary/aromatic N) is 4. The van der Waals surface area contributed by atoms with Crippen molar-refractivity contribution in [3.63, 3.8) is 0 Å². The molecule has 2 aromatic rings. The molecule has 0 N–H and O–H groups in total. The predicted octanol–water partition coefficient (Wildman–Crippen LogP) is 3.56. The number of hydrogen-bond donors (Lipinski definition) is 0. The smallest absolute Gasteiger partial charge is 0.306 e. The van der Waals surface area contributed by atoms with E-state index in [2.05, 4.69) is 22.0 Å². The molecule has 2 heterocycles. The zero-order chi connectivity index (χ0) is 17.2. The fourth-order valence-corrected chi connectivity index (χ4v) is 3.31. The molecule has 1 aliphatic heterocycles. The molecule has 4 nitrogen and oxygen atoms in total. The van der Waals surface area contributed by atoms with Gasteiger partial charge in [-0.05, 0) is 57.0 Å². The van der Waals surface area contributed by atoms with Gasteiger partial charge in [0.1, 0.15) is 12.2 Å². The Balaban J connectivity index is 1.73. The van der Waals surface area contributed by atoms with Crippen molar-refractivity contribution >= 4 is 0 Å². The van der Waals surface area contributed by atoms with Crippen molar-refractivity contribution in [1.82, 2.24) is 19.7 Å². The van der Waals surface area contributed by atoms with E-state index in [1.165, 1.54) is 29.9 Å². The molecule has 0 aliphatic carbocycles. The molecule has 130 valence electrons. The number of benzene rings is 1. The molecule has 1 aromatic carbocycles. The second kappa shape index (κ2) is 6.93. The maximum atomic E-state index is 12.9. The molecule has 0 unspecified atom stereocenters. The number of hydrogen-bond acceptors (Lipinski definition) is 3. The lowest BCUT2D eigenvalue weighted by Gasteiger charge is -2.29. The molecular formula is C17H21F3N4. The molecule has 3 rings (SSSR count). The minimum absolute atomic E-state index is 0.401. The van der Waals surface area contributed by atoms with Gasteiger partial charge in [0.05, 0.1) is 11.3 Å². The third kappa shape index (κ3) is 3.95. The summed E-state index contributed by atoms with van der Waals surface area (Å²) in [7, 11) is 2.12. The highest BCUT2D eigenvalue weighted by Crippen LogP contribution is 2.30. The summed E-state index contributed by atoms with van der Waals surface area (Å²) in [6.07, 6.45) is 1.13. The van der Waals surface area contributed by atoms with Gasteiger partial charge in [-0.3, -0.25) is 0 Å². The fraction of sp³-hybridized carbons (Fsp3) is 0.529. The van der Waals surface area contributed by atoms with Crippen molar-refractivity contribution in [3.05, 3.63) is 42.0 Å². The number of alkyl halides is 3. The van der Waals surface area contributed by atoms with Crippen LogP contribution in [0.25, 0.3) is 5.69 Å². The Bertz CT molecular complexity index is 680. The van der Waals surface area contributed by atoms with Gasteiger partial charge in [0.25, 0.3) is 0 Å². The van der Waals surface area contributed by atoms with Gasteiger partial charge in [-0.1, -0.05) is 6.07 Å². The third-order valence-electron chi connectivity index (χ3n) is 4.53. The van der Waals surface area contributed by atoms with Gasteiger partial charge < -0.3 is 4.90 Å². The van der Waals surface area contributed by atoms with E-state index >= 15 is 0 Å². The van der Waals surface area contributed by atoms with E-state index < -0.39 is 11.7 Å². The van der Waals surface area contributed by atoms with Gasteiger partial charge >= 0.3 is 6.18 Å². The lowest BCUT2D eigenvalue weighted by Crippen LogP contribution is -2.32. The molecule has 0 radical (unpaired) electrons. The van der Waals surface area contributed by atoms with Gasteiger partial charge in [0.2, 0.25) is 0 Å². The van der Waals surface area contributed by atoms with E-state index in [9.17, 15) is 13.2 Å². The van der Waals surface area contributed by atoms with Crippen LogP contribution in [0.2, 0.25) is 0 Å². The van der Waals surface area contributed by atoms with Crippen LogP contribution in [0.4, 0.5) is 13.2 Å². The number of aryl methyl sites for hydroxylation is 1. The fourth-order valence-electron chi connectivity index (χ4n) is 3.31. The zero-order valence-corrected chi connectivity index (χ0v) is 13.6. The molecule has 1 aliphatic rings. The monoisotopic (exact) mass is 338 g/mol. The normalized spacial score (nSPS) is 19.6. The lowest BCUT2D eigenvalue weighted by atomic mass is 9.93. The summed E-state index contributed by atoms with van der Waals surface area (Å²) in [4.78, 5) is 6.57. The van der Waals surface area contributed by atoms with Gasteiger partial charge in [-0.25, -0.2) is 9.67 Å². The van der Waals surface area contributed by atoms with Crippen LogP contribution in [0, 0.1) is 5.92 Å². The lowest BCUT2D eigenvalue weighted by molar-refractivity contribution is -0.137. The van der Waals surface area contributed by atoms with E-state index in [1.807, 2.05) is 0 Å². The van der Waals surface area contributed by atoms with E-state index in [1.54, 1.807) is 6.07 Å². The molecule has 0 amide bonds. The molecule has 0 bridgehead atoms. The molecule has 0 spiro atoms. The average Bonchev–Trinajstić information content (AvgIpc) is 3.01. The molecule has 1 saturated heterocycles. The summed E-state index contributed by atoms with van der Waals surface area (Å²) < 4.78 is 40.2. The Morgan fingerprint density at radius 1 is 1.29 bits per heavy atom. The van der Waals surface area contributed by atoms with Gasteiger partial charge in [-0.15, -0.1) is 0 Å². The van der Waals surface area contributed by atoms with Gasteiger partial charge in [-0.2, -0.15) is 18.3 Å². The van der Waals surface area contributed by atoms with Crippen LogP contribution in [0.3, 0.4) is 0 Å². The summed E-state index contributed by atoms with van der Waals surface area (Å²) in [5.41, 5.74) is -0.270. The van der Waals surface area contributed by atoms with Crippen molar-refractivity contribution in [2.75, 3.05) is 20.1 Å². The second-order valence-electron chi connectivity index (χ2n) is 6.45. The summed E-state index contributed by atoms with van der Waals surface area (Å²) >= 11 is 0. The second-order valence-corrected chi connectivity index (χ2v) is 6.45. The first-order chi connectivity index (χ1) is 11.4. The van der Waals surface area contributed by atoms with E-state index in [4.69, 9.17) is 0 Å². The van der Waals surface area contributed by atoms with Crippen LogP contribution in [0.5, 0.6) is 0 Å². The predicted molar refractivity (Wildman–Crippen MR) is 84.9 cm³/mol. The van der Waals surface area contributed by atoms with Crippen LogP contribution in [0.1, 0.15) is 30.7 Å². The molecular weight excluding hydrogens is 317 g/mol. The number of halogens is 3. The van der Waals surface area contributed by atoms with Gasteiger partial charge in [0, 0.05) is 13.0 Å². The molecule has 1 fully saturated rings. The molecule has 1 atom stereocenters. The van der Waals surface area contributed by atoms with E-state index in [0.29, 0.717) is 17.4 Å². The van der Waals surface area contributed by atoms with E-state index in [0.717, 1.165) is 38.1 Å². The Morgan fingerprint density at radius 3 is 2.88 bits per heavy atom. The molecule has 1 aromatic heterocycles. The molecule has 0 saturated carbocycles. The SMILES string of the molecule is CN1CCC[C@@H](CCc2ncnn2-c2cccc(C(F)(F)F)c2)C1. The quantitative estimate of drug-likeness (QED) is 0.855. The Hall–Kier alpha value is -1.89. The standard InChI is InChI=1S/C17H21F3N4/c1-23-9-3-4-13(11-23)7-8-16-21-12-22-24(16)15-6-2-5-14(10-15)17(18,19)20/h2,5-6,10,12-13H,3-4,7-9,11H2,1H3/t13-/m0/s1. The van der Waals surface area contributed by atoms with Crippen molar-refractivity contribution in [2.45, 2.75) is 31.9 Å². The van der Waals surface area contributed by atoms with Crippen LogP contribution in [-0.2, 0) is 12.6 Å². The first-order valence-corrected chi connectivity index (χ1v) is 8.18. The maximum Gasteiger partial charge on any atom is 0.416 e. The van der Waals surface area contributed by atoms with Crippen molar-refractivity contribution < 1.29 is 13.2 Å². The van der Waals surface area contributed by atoms with Crippen LogP contribution in [0.15, 0.2) is 30.6 Å². The van der Waals surface area contributed by atoms with Gasteiger partial charge in [0.15, 0.2) is 0 Å². The highest BCUT2D eigenvalue weighted by Gasteiger charge is 2.30. The van der Waals surface area contributed by atoms with Crippen LogP contribution < -0.4 is 0 Å². The minimum atomic E-state index is -4.36. The Morgan fingerprint density at radius 2 is 2.12 bits per heavy atom. The summed E-state index contributed by atoms with van der Waals surface area (Å²) in [5, 5.41) is 4.12. The van der Waals surface area contributed by atoms with E-state index in [-0.39, 0.29) is 0 Å². The first-order valence-electron chi connectivity index (χ1n) is 8.18. The van der Waals surface area contributed by atoms with Crippen LogP contribution in [-0.4, -0.2) is 39.8 Å². The Labute approximate surface area is 139 Å². The number of piperidine rings is 1. The average molecular weight is 338 g/mol. The van der Waals surface area contributed by atoms with Crippen molar-refractivity contribution in [2.24, 2.45) is 5.92 Å². The molecule has 7 heteroatoms. The van der Waals surface area contributed by atoms with Crippen molar-refractivity contribution in [3.8, 4) is 5.69 Å². The number of rotatable bonds is 4. The Kier molecular flexibility index (Phi) is 4.89. The summed E-state index contributed by atoms with van der Waals surface area (Å²) in [6.45, 7) is 2.20. The maximum absolute atomic E-state index is 12.9. The third-order valence-corrected chi connectivity index (χ3v) is 4.53. The summed E-state index contributed by atoms with van der Waals surface area (Å²) in [6, 6.07) is 5.21. The van der Waals surface area contributed by atoms with Crippen molar-refractivity contribution in [1.29, 1.82) is 0 Å². The highest BCUT2D eigenvalue weighted by atomic mass is 19.4. The summed E-state index contributed by atoms with van der Waals surface area (Å²) in [5.74, 6) is 1.32. The molecule has 24 heavy (non-hydrogen) atoms.